The van der Waals surface area contributed by atoms with Crippen molar-refractivity contribution >= 4 is 11.9 Å². The largest absolute Gasteiger partial charge is 0.480 e. The summed E-state index contributed by atoms with van der Waals surface area (Å²) in [6.45, 7) is 1.95. The lowest BCUT2D eigenvalue weighted by Crippen LogP contribution is -2.38. The van der Waals surface area contributed by atoms with E-state index in [2.05, 4.69) is 5.32 Å². The van der Waals surface area contributed by atoms with Crippen LogP contribution in [0.15, 0.2) is 24.3 Å². The van der Waals surface area contributed by atoms with Crippen LogP contribution >= 0.6 is 0 Å². The van der Waals surface area contributed by atoms with Gasteiger partial charge in [0, 0.05) is 31.4 Å². The van der Waals surface area contributed by atoms with Gasteiger partial charge < -0.3 is 15.2 Å². The molecule has 1 aromatic carbocycles. The molecule has 3 rings (SSSR count). The van der Waals surface area contributed by atoms with Crippen LogP contribution in [0, 0.1) is 17.7 Å². The van der Waals surface area contributed by atoms with Crippen molar-refractivity contribution < 1.29 is 23.8 Å². The van der Waals surface area contributed by atoms with Crippen LogP contribution in [0.1, 0.15) is 30.9 Å². The highest BCUT2D eigenvalue weighted by atomic mass is 19.1. The zero-order chi connectivity index (χ0) is 18.7. The maximum atomic E-state index is 14.3. The van der Waals surface area contributed by atoms with Crippen LogP contribution in [0.25, 0.3) is 0 Å². The fourth-order valence-corrected chi connectivity index (χ4v) is 4.02. The van der Waals surface area contributed by atoms with Crippen molar-refractivity contribution in [3.8, 4) is 0 Å². The summed E-state index contributed by atoms with van der Waals surface area (Å²) in [4.78, 5) is 26.0. The number of hydrogen-bond donors (Lipinski definition) is 2. The van der Waals surface area contributed by atoms with Gasteiger partial charge >= 0.3 is 5.97 Å². The smallest absolute Gasteiger partial charge is 0.320 e. The highest BCUT2D eigenvalue weighted by Gasteiger charge is 2.47. The lowest BCUT2D eigenvalue weighted by molar-refractivity contribution is -0.142. The number of likely N-dealkylation sites (tertiary alicyclic amines) is 1. The zero-order valence-corrected chi connectivity index (χ0v) is 14.9. The minimum absolute atomic E-state index is 0.171. The Morgan fingerprint density at radius 1 is 1.31 bits per heavy atom. The fraction of sp³-hybridized carbons (Fsp3) is 0.579. The van der Waals surface area contributed by atoms with E-state index in [0.717, 1.165) is 12.8 Å². The Kier molecular flexibility index (Phi) is 5.88. The highest BCUT2D eigenvalue weighted by Crippen LogP contribution is 2.41. The Balaban J connectivity index is 1.76. The second kappa shape index (κ2) is 8.14. The molecular formula is C19H25FN2O4. The topological polar surface area (TPSA) is 78.9 Å². The van der Waals surface area contributed by atoms with Gasteiger partial charge in [-0.1, -0.05) is 18.2 Å². The van der Waals surface area contributed by atoms with Gasteiger partial charge in [0.1, 0.15) is 11.9 Å². The third-order valence-corrected chi connectivity index (χ3v) is 5.54. The van der Waals surface area contributed by atoms with Gasteiger partial charge in [0.05, 0.1) is 5.92 Å². The van der Waals surface area contributed by atoms with Gasteiger partial charge in [-0.2, -0.15) is 0 Å². The van der Waals surface area contributed by atoms with Gasteiger partial charge in [-0.15, -0.1) is 0 Å². The van der Waals surface area contributed by atoms with Crippen LogP contribution < -0.4 is 5.32 Å². The molecule has 2 heterocycles. The van der Waals surface area contributed by atoms with Crippen LogP contribution in [0.5, 0.6) is 0 Å². The molecule has 26 heavy (non-hydrogen) atoms. The number of aliphatic carboxylic acids is 1. The third kappa shape index (κ3) is 3.88. The Bertz CT molecular complexity index is 663. The Hall–Kier alpha value is -1.99. The van der Waals surface area contributed by atoms with E-state index >= 15 is 0 Å². The summed E-state index contributed by atoms with van der Waals surface area (Å²) in [7, 11) is 1.64. The van der Waals surface area contributed by atoms with Gasteiger partial charge in [-0.25, -0.2) is 4.39 Å². The normalized spacial score (nSPS) is 27.4. The second-order valence-electron chi connectivity index (χ2n) is 7.13. The van der Waals surface area contributed by atoms with Crippen molar-refractivity contribution in [1.29, 1.82) is 0 Å². The minimum Gasteiger partial charge on any atom is -0.480 e. The van der Waals surface area contributed by atoms with E-state index in [1.54, 1.807) is 30.1 Å². The molecule has 1 aromatic rings. The third-order valence-electron chi connectivity index (χ3n) is 5.54. The first-order chi connectivity index (χ1) is 12.5. The number of benzene rings is 1. The van der Waals surface area contributed by atoms with Gasteiger partial charge in [0.25, 0.3) is 0 Å². The quantitative estimate of drug-likeness (QED) is 0.833. The van der Waals surface area contributed by atoms with E-state index in [1.165, 1.54) is 6.07 Å². The van der Waals surface area contributed by atoms with Crippen LogP contribution in [0.4, 0.5) is 4.39 Å². The van der Waals surface area contributed by atoms with E-state index < -0.39 is 29.8 Å². The van der Waals surface area contributed by atoms with E-state index in [-0.39, 0.29) is 12.3 Å². The minimum atomic E-state index is -0.992. The number of ether oxygens (including phenoxy) is 1. The van der Waals surface area contributed by atoms with E-state index in [0.29, 0.717) is 31.2 Å². The molecule has 0 saturated carbocycles. The number of carbonyl (C=O) groups is 2. The molecule has 0 aromatic heterocycles. The van der Waals surface area contributed by atoms with Crippen molar-refractivity contribution in [3.05, 3.63) is 35.6 Å². The molecule has 2 fully saturated rings. The lowest BCUT2D eigenvalue weighted by Gasteiger charge is -2.27. The molecule has 0 radical (unpaired) electrons. The molecular weight excluding hydrogens is 339 g/mol. The molecule has 0 bridgehead atoms. The Labute approximate surface area is 152 Å². The maximum Gasteiger partial charge on any atom is 0.320 e. The SMILES string of the molecule is CN1[C@@H](C(=O)O)C[C@@H](C(=O)NCC2CCOCC2)[C@H]1c1ccccc1F. The number of nitrogens with zero attached hydrogens (tertiary/aromatic N) is 1. The van der Waals surface area contributed by atoms with Crippen molar-refractivity contribution in [2.24, 2.45) is 11.8 Å². The summed E-state index contributed by atoms with van der Waals surface area (Å²) < 4.78 is 19.7. The van der Waals surface area contributed by atoms with Crippen molar-refractivity contribution in [1.82, 2.24) is 10.2 Å². The van der Waals surface area contributed by atoms with Crippen LogP contribution in [-0.2, 0) is 14.3 Å². The van der Waals surface area contributed by atoms with Gasteiger partial charge in [-0.05, 0) is 38.3 Å². The van der Waals surface area contributed by atoms with E-state index in [4.69, 9.17) is 4.74 Å². The second-order valence-corrected chi connectivity index (χ2v) is 7.13. The fourth-order valence-electron chi connectivity index (χ4n) is 4.02. The maximum absolute atomic E-state index is 14.3. The molecule has 2 N–H and O–H groups in total. The van der Waals surface area contributed by atoms with E-state index in [9.17, 15) is 19.1 Å². The number of carboxylic acid groups (broad SMARTS) is 1. The molecule has 0 aliphatic carbocycles. The standard InChI is InChI=1S/C19H25FN2O4/c1-22-16(19(24)25)10-14(17(22)13-4-2-3-5-15(13)20)18(23)21-11-12-6-8-26-9-7-12/h2-5,12,14,16-17H,6-11H2,1H3,(H,21,23)(H,24,25)/t14-,16-,17-/m1/s1. The van der Waals surface area contributed by atoms with Gasteiger partial charge in [0.2, 0.25) is 5.91 Å². The number of carboxylic acids is 1. The molecule has 6 nitrogen and oxygen atoms in total. The van der Waals surface area contributed by atoms with E-state index in [1.807, 2.05) is 0 Å². The molecule has 2 aliphatic heterocycles. The number of likely N-dealkylation sites (N-methyl/N-ethyl adjacent to an activating group) is 1. The first-order valence-electron chi connectivity index (χ1n) is 9.03. The van der Waals surface area contributed by atoms with Crippen molar-refractivity contribution in [2.45, 2.75) is 31.3 Å². The number of hydrogen-bond acceptors (Lipinski definition) is 4. The first-order valence-corrected chi connectivity index (χ1v) is 9.03. The summed E-state index contributed by atoms with van der Waals surface area (Å²) in [5.41, 5.74) is 0.366. The van der Waals surface area contributed by atoms with Crippen LogP contribution in [-0.4, -0.2) is 54.7 Å². The summed E-state index contributed by atoms with van der Waals surface area (Å²) in [5.74, 6) is -1.85. The zero-order valence-electron chi connectivity index (χ0n) is 14.9. The van der Waals surface area contributed by atoms with Crippen molar-refractivity contribution in [2.75, 3.05) is 26.8 Å². The first kappa shape index (κ1) is 18.8. The average molecular weight is 364 g/mol. The van der Waals surface area contributed by atoms with Gasteiger partial charge in [-0.3, -0.25) is 14.5 Å². The molecule has 3 atom stereocenters. The summed E-state index contributed by atoms with van der Waals surface area (Å²) in [6.07, 6.45) is 1.98. The highest BCUT2D eigenvalue weighted by molar-refractivity contribution is 5.83. The number of halogens is 1. The summed E-state index contributed by atoms with van der Waals surface area (Å²) in [6, 6.07) is 4.86. The molecule has 0 spiro atoms. The Morgan fingerprint density at radius 3 is 2.65 bits per heavy atom. The molecule has 2 aliphatic rings. The van der Waals surface area contributed by atoms with Crippen LogP contribution in [0.2, 0.25) is 0 Å². The predicted octanol–water partition coefficient (Wildman–Crippen LogP) is 1.81. The number of carbonyl (C=O) groups excluding carboxylic acids is 1. The lowest BCUT2D eigenvalue weighted by atomic mass is 9.91. The predicted molar refractivity (Wildman–Crippen MR) is 93.0 cm³/mol. The average Bonchev–Trinajstić information content (AvgIpc) is 2.98. The van der Waals surface area contributed by atoms with Crippen LogP contribution in [0.3, 0.4) is 0 Å². The van der Waals surface area contributed by atoms with Gasteiger partial charge in [0.15, 0.2) is 0 Å². The number of rotatable bonds is 5. The summed E-state index contributed by atoms with van der Waals surface area (Å²) >= 11 is 0. The molecule has 2 saturated heterocycles. The molecule has 142 valence electrons. The van der Waals surface area contributed by atoms with Crippen molar-refractivity contribution in [3.63, 3.8) is 0 Å². The summed E-state index contributed by atoms with van der Waals surface area (Å²) in [5, 5.41) is 12.4. The monoisotopic (exact) mass is 364 g/mol. The number of nitrogens with one attached hydrogen (secondary N) is 1. The Morgan fingerprint density at radius 2 is 2.00 bits per heavy atom. The molecule has 0 unspecified atom stereocenters. The molecule has 7 heteroatoms. The molecule has 1 amide bonds. The number of amides is 1.